The number of hydrogen-bond acceptors (Lipinski definition) is 5. The van der Waals surface area contributed by atoms with Crippen molar-refractivity contribution in [3.63, 3.8) is 0 Å². The summed E-state index contributed by atoms with van der Waals surface area (Å²) in [5.41, 5.74) is 0.989. The standard InChI is InChI=1S/C18H29N5O/c1-14-12-16(19-2)21-17(20-14)13-15-7-10-23(11-8-15)18(24)6-5-9-22(3)4/h5-6,12,15H,7-11,13H2,1-4H3,(H,19,20,21)/b6-5+. The van der Waals surface area contributed by atoms with E-state index in [-0.39, 0.29) is 5.91 Å². The Morgan fingerprint density at radius 1 is 1.38 bits per heavy atom. The van der Waals surface area contributed by atoms with Crippen LogP contribution in [-0.4, -0.2) is 66.5 Å². The lowest BCUT2D eigenvalue weighted by Gasteiger charge is -2.31. The lowest BCUT2D eigenvalue weighted by Crippen LogP contribution is -2.38. The summed E-state index contributed by atoms with van der Waals surface area (Å²) >= 11 is 0. The number of aryl methyl sites for hydroxylation is 1. The summed E-state index contributed by atoms with van der Waals surface area (Å²) in [5.74, 6) is 2.44. The predicted molar refractivity (Wildman–Crippen MR) is 97.0 cm³/mol. The van der Waals surface area contributed by atoms with Crippen LogP contribution in [0.15, 0.2) is 18.2 Å². The van der Waals surface area contributed by atoms with Crippen molar-refractivity contribution in [2.24, 2.45) is 5.92 Å². The van der Waals surface area contributed by atoms with E-state index in [4.69, 9.17) is 0 Å². The fourth-order valence-electron chi connectivity index (χ4n) is 2.93. The van der Waals surface area contributed by atoms with Crippen LogP contribution in [0, 0.1) is 12.8 Å². The Morgan fingerprint density at radius 2 is 2.08 bits per heavy atom. The molecule has 1 fully saturated rings. The zero-order valence-electron chi connectivity index (χ0n) is 15.2. The van der Waals surface area contributed by atoms with Gasteiger partial charge in [-0.1, -0.05) is 6.08 Å². The highest BCUT2D eigenvalue weighted by atomic mass is 16.2. The molecule has 6 nitrogen and oxygen atoms in total. The van der Waals surface area contributed by atoms with Gasteiger partial charge in [0.2, 0.25) is 5.91 Å². The molecule has 1 aliphatic rings. The van der Waals surface area contributed by atoms with Crippen molar-refractivity contribution >= 4 is 11.7 Å². The SMILES string of the molecule is CNc1cc(C)nc(CC2CCN(C(=O)/C=C/CN(C)C)CC2)n1. The molecule has 0 atom stereocenters. The van der Waals surface area contributed by atoms with Crippen LogP contribution >= 0.6 is 0 Å². The predicted octanol–water partition coefficient (Wildman–Crippen LogP) is 1.73. The van der Waals surface area contributed by atoms with Gasteiger partial charge < -0.3 is 15.1 Å². The highest BCUT2D eigenvalue weighted by Gasteiger charge is 2.22. The van der Waals surface area contributed by atoms with Gasteiger partial charge in [0.05, 0.1) is 0 Å². The summed E-state index contributed by atoms with van der Waals surface area (Å²) in [6.45, 7) is 4.43. The molecule has 0 unspecified atom stereocenters. The molecule has 1 aromatic rings. The zero-order chi connectivity index (χ0) is 17.5. The first-order valence-corrected chi connectivity index (χ1v) is 8.60. The number of carbonyl (C=O) groups is 1. The summed E-state index contributed by atoms with van der Waals surface area (Å²) in [7, 11) is 5.86. The van der Waals surface area contributed by atoms with E-state index in [9.17, 15) is 4.79 Å². The number of likely N-dealkylation sites (tertiary alicyclic amines) is 1. The van der Waals surface area contributed by atoms with Crippen molar-refractivity contribution in [2.45, 2.75) is 26.2 Å². The Kier molecular flexibility index (Phi) is 6.73. The van der Waals surface area contributed by atoms with Crippen LogP contribution in [0.1, 0.15) is 24.4 Å². The third kappa shape index (κ3) is 5.60. The molecule has 0 bridgehead atoms. The number of piperidine rings is 1. The van der Waals surface area contributed by atoms with Gasteiger partial charge in [-0.3, -0.25) is 4.79 Å². The maximum absolute atomic E-state index is 12.2. The van der Waals surface area contributed by atoms with E-state index in [1.807, 2.05) is 50.0 Å². The fraction of sp³-hybridized carbons (Fsp3) is 0.611. The van der Waals surface area contributed by atoms with Gasteiger partial charge in [-0.15, -0.1) is 0 Å². The molecule has 1 amide bonds. The smallest absolute Gasteiger partial charge is 0.246 e. The molecule has 1 N–H and O–H groups in total. The summed E-state index contributed by atoms with van der Waals surface area (Å²) in [4.78, 5) is 25.2. The number of amides is 1. The third-order valence-electron chi connectivity index (χ3n) is 4.29. The minimum Gasteiger partial charge on any atom is -0.373 e. The average Bonchev–Trinajstić information content (AvgIpc) is 2.54. The Hall–Kier alpha value is -1.95. The lowest BCUT2D eigenvalue weighted by atomic mass is 9.93. The second kappa shape index (κ2) is 8.78. The maximum atomic E-state index is 12.2. The number of nitrogens with zero attached hydrogens (tertiary/aromatic N) is 4. The minimum atomic E-state index is 0.125. The Balaban J connectivity index is 1.83. The van der Waals surface area contributed by atoms with Crippen molar-refractivity contribution in [3.8, 4) is 0 Å². The summed E-state index contributed by atoms with van der Waals surface area (Å²) in [5, 5.41) is 3.08. The van der Waals surface area contributed by atoms with Crippen LogP contribution in [0.5, 0.6) is 0 Å². The van der Waals surface area contributed by atoms with Gasteiger partial charge in [0, 0.05) is 50.9 Å². The van der Waals surface area contributed by atoms with Gasteiger partial charge in [0.15, 0.2) is 0 Å². The Morgan fingerprint density at radius 3 is 2.71 bits per heavy atom. The van der Waals surface area contributed by atoms with Crippen LogP contribution in [0.2, 0.25) is 0 Å². The average molecular weight is 331 g/mol. The molecule has 2 heterocycles. The molecule has 1 aliphatic heterocycles. The van der Waals surface area contributed by atoms with Crippen molar-refractivity contribution in [1.29, 1.82) is 0 Å². The van der Waals surface area contributed by atoms with Crippen LogP contribution in [-0.2, 0) is 11.2 Å². The number of likely N-dealkylation sites (N-methyl/N-ethyl adjacent to an activating group) is 1. The number of rotatable bonds is 6. The number of aromatic nitrogens is 2. The van der Waals surface area contributed by atoms with Crippen LogP contribution < -0.4 is 5.32 Å². The topological polar surface area (TPSA) is 61.4 Å². The summed E-state index contributed by atoms with van der Waals surface area (Å²) in [6.07, 6.45) is 6.53. The summed E-state index contributed by atoms with van der Waals surface area (Å²) in [6, 6.07) is 1.95. The zero-order valence-corrected chi connectivity index (χ0v) is 15.2. The highest BCUT2D eigenvalue weighted by molar-refractivity contribution is 5.87. The monoisotopic (exact) mass is 331 g/mol. The molecule has 132 valence electrons. The molecule has 6 heteroatoms. The fourth-order valence-corrected chi connectivity index (χ4v) is 2.93. The van der Waals surface area contributed by atoms with E-state index in [0.717, 1.165) is 56.2 Å². The first kappa shape index (κ1) is 18.4. The van der Waals surface area contributed by atoms with Crippen LogP contribution in [0.4, 0.5) is 5.82 Å². The number of hydrogen-bond donors (Lipinski definition) is 1. The molecular formula is C18H29N5O. The minimum absolute atomic E-state index is 0.125. The second-order valence-electron chi connectivity index (χ2n) is 6.70. The third-order valence-corrected chi connectivity index (χ3v) is 4.29. The maximum Gasteiger partial charge on any atom is 0.246 e. The van der Waals surface area contributed by atoms with Crippen molar-refractivity contribution in [3.05, 3.63) is 29.7 Å². The molecule has 0 saturated carbocycles. The van der Waals surface area contributed by atoms with Crippen molar-refractivity contribution < 1.29 is 4.79 Å². The van der Waals surface area contributed by atoms with E-state index in [1.165, 1.54) is 0 Å². The molecule has 0 spiro atoms. The molecule has 24 heavy (non-hydrogen) atoms. The Bertz CT molecular complexity index is 577. The molecular weight excluding hydrogens is 302 g/mol. The first-order valence-electron chi connectivity index (χ1n) is 8.60. The van der Waals surface area contributed by atoms with E-state index < -0.39 is 0 Å². The molecule has 1 aromatic heterocycles. The van der Waals surface area contributed by atoms with Crippen molar-refractivity contribution in [1.82, 2.24) is 19.8 Å². The van der Waals surface area contributed by atoms with E-state index in [2.05, 4.69) is 15.3 Å². The molecule has 1 saturated heterocycles. The number of nitrogens with one attached hydrogen (secondary N) is 1. The number of carbonyl (C=O) groups excluding carboxylic acids is 1. The molecule has 2 rings (SSSR count). The van der Waals surface area contributed by atoms with Gasteiger partial charge in [0.25, 0.3) is 0 Å². The largest absolute Gasteiger partial charge is 0.373 e. The quantitative estimate of drug-likeness (QED) is 0.805. The van der Waals surface area contributed by atoms with Gasteiger partial charge in [-0.2, -0.15) is 0 Å². The van der Waals surface area contributed by atoms with Gasteiger partial charge in [-0.05, 0) is 39.8 Å². The normalized spacial score (nSPS) is 16.1. The van der Waals surface area contributed by atoms with Crippen molar-refractivity contribution in [2.75, 3.05) is 46.1 Å². The second-order valence-corrected chi connectivity index (χ2v) is 6.70. The Labute approximate surface area is 145 Å². The van der Waals surface area contributed by atoms with E-state index in [0.29, 0.717) is 5.92 Å². The molecule has 0 radical (unpaired) electrons. The summed E-state index contributed by atoms with van der Waals surface area (Å²) < 4.78 is 0. The van der Waals surface area contributed by atoms with Gasteiger partial charge in [-0.25, -0.2) is 9.97 Å². The lowest BCUT2D eigenvalue weighted by molar-refractivity contribution is -0.127. The van der Waals surface area contributed by atoms with Gasteiger partial charge in [0.1, 0.15) is 11.6 Å². The van der Waals surface area contributed by atoms with E-state index in [1.54, 1.807) is 6.08 Å². The highest BCUT2D eigenvalue weighted by Crippen LogP contribution is 2.21. The van der Waals surface area contributed by atoms with E-state index >= 15 is 0 Å². The first-order chi connectivity index (χ1) is 11.5. The molecule has 0 aromatic carbocycles. The number of anilines is 1. The van der Waals surface area contributed by atoms with Gasteiger partial charge >= 0.3 is 0 Å². The van der Waals surface area contributed by atoms with Crippen LogP contribution in [0.25, 0.3) is 0 Å². The van der Waals surface area contributed by atoms with Crippen LogP contribution in [0.3, 0.4) is 0 Å². The molecule has 0 aliphatic carbocycles.